The highest BCUT2D eigenvalue weighted by Crippen LogP contribution is 2.22. The quantitative estimate of drug-likeness (QED) is 0.860. The monoisotopic (exact) mass is 242 g/mol. The van der Waals surface area contributed by atoms with E-state index >= 15 is 0 Å². The fraction of sp³-hybridized carbons (Fsp3) is 0.412. The molecule has 0 spiro atoms. The molecule has 0 fully saturated rings. The van der Waals surface area contributed by atoms with Crippen molar-refractivity contribution in [2.45, 2.75) is 27.2 Å². The topological polar surface area (TPSA) is 20.2 Å². The van der Waals surface area contributed by atoms with Crippen LogP contribution in [0, 0.1) is 18.8 Å². The minimum Gasteiger partial charge on any atom is -0.396 e. The number of hydrogen-bond acceptors (Lipinski definition) is 1. The van der Waals surface area contributed by atoms with Crippen LogP contribution < -0.4 is 0 Å². The van der Waals surface area contributed by atoms with Gasteiger partial charge in [-0.2, -0.15) is 0 Å². The molecule has 2 rings (SSSR count). The van der Waals surface area contributed by atoms with Crippen molar-refractivity contribution in [3.05, 3.63) is 47.5 Å². The van der Waals surface area contributed by atoms with E-state index in [-0.39, 0.29) is 6.61 Å². The van der Waals surface area contributed by atoms with Crippen LogP contribution in [0.3, 0.4) is 0 Å². The van der Waals surface area contributed by atoms with E-state index in [0.29, 0.717) is 11.8 Å². The van der Waals surface area contributed by atoms with Crippen LogP contribution in [0.15, 0.2) is 36.4 Å². The van der Waals surface area contributed by atoms with Gasteiger partial charge in [-0.25, -0.2) is 0 Å². The second kappa shape index (κ2) is 5.53. The lowest BCUT2D eigenvalue weighted by atomic mass is 9.89. The van der Waals surface area contributed by atoms with Crippen molar-refractivity contribution in [1.29, 1.82) is 0 Å². The molecular formula is C17H22O. The zero-order valence-electron chi connectivity index (χ0n) is 11.5. The molecule has 0 aromatic heterocycles. The molecule has 0 radical (unpaired) electrons. The molecule has 0 bridgehead atoms. The molecule has 0 aliphatic carbocycles. The van der Waals surface area contributed by atoms with Gasteiger partial charge in [0, 0.05) is 6.61 Å². The average molecular weight is 242 g/mol. The first-order chi connectivity index (χ1) is 8.60. The maximum Gasteiger partial charge on any atom is 0.0464 e. The third-order valence-electron chi connectivity index (χ3n) is 3.74. The molecule has 0 saturated heterocycles. The Morgan fingerprint density at radius 2 is 1.67 bits per heavy atom. The molecule has 0 heterocycles. The summed E-state index contributed by atoms with van der Waals surface area (Å²) < 4.78 is 0. The van der Waals surface area contributed by atoms with Crippen LogP contribution in [-0.4, -0.2) is 11.7 Å². The third kappa shape index (κ3) is 2.91. The van der Waals surface area contributed by atoms with Crippen LogP contribution in [0.2, 0.25) is 0 Å². The molecule has 18 heavy (non-hydrogen) atoms. The van der Waals surface area contributed by atoms with Crippen molar-refractivity contribution in [1.82, 2.24) is 0 Å². The van der Waals surface area contributed by atoms with Crippen molar-refractivity contribution in [2.75, 3.05) is 6.61 Å². The molecule has 2 aromatic carbocycles. The van der Waals surface area contributed by atoms with Crippen LogP contribution in [0.25, 0.3) is 10.8 Å². The maximum atomic E-state index is 9.41. The molecule has 96 valence electrons. The summed E-state index contributed by atoms with van der Waals surface area (Å²) in [6.45, 7) is 6.73. The van der Waals surface area contributed by atoms with Crippen LogP contribution >= 0.6 is 0 Å². The number of hydrogen-bond donors (Lipinski definition) is 1. The Bertz CT molecular complexity index is 528. The van der Waals surface area contributed by atoms with Crippen LogP contribution in [0.5, 0.6) is 0 Å². The minimum absolute atomic E-state index is 0.267. The largest absolute Gasteiger partial charge is 0.396 e. The van der Waals surface area contributed by atoms with Crippen LogP contribution in [0.4, 0.5) is 0 Å². The van der Waals surface area contributed by atoms with Gasteiger partial charge in [-0.1, -0.05) is 55.8 Å². The van der Waals surface area contributed by atoms with Gasteiger partial charge in [0.15, 0.2) is 0 Å². The molecular weight excluding hydrogens is 220 g/mol. The Hall–Kier alpha value is -1.34. The minimum atomic E-state index is 0.267. The Kier molecular flexibility index (Phi) is 4.03. The summed E-state index contributed by atoms with van der Waals surface area (Å²) in [5, 5.41) is 12.0. The predicted molar refractivity (Wildman–Crippen MR) is 77.8 cm³/mol. The molecule has 1 unspecified atom stereocenters. The van der Waals surface area contributed by atoms with Gasteiger partial charge in [-0.15, -0.1) is 0 Å². The number of aliphatic hydroxyl groups is 1. The second-order valence-electron chi connectivity index (χ2n) is 5.58. The molecule has 0 saturated carbocycles. The molecule has 1 atom stereocenters. The summed E-state index contributed by atoms with van der Waals surface area (Å²) in [6, 6.07) is 13.2. The Morgan fingerprint density at radius 1 is 1.00 bits per heavy atom. The molecule has 0 aliphatic heterocycles. The van der Waals surface area contributed by atoms with E-state index in [4.69, 9.17) is 0 Å². The van der Waals surface area contributed by atoms with Gasteiger partial charge in [0.2, 0.25) is 0 Å². The lowest BCUT2D eigenvalue weighted by molar-refractivity contribution is 0.189. The molecule has 1 N–H and O–H groups in total. The van der Waals surface area contributed by atoms with Gasteiger partial charge < -0.3 is 5.11 Å². The lowest BCUT2D eigenvalue weighted by Crippen LogP contribution is -2.16. The highest BCUT2D eigenvalue weighted by molar-refractivity contribution is 5.83. The summed E-state index contributed by atoms with van der Waals surface area (Å²) in [7, 11) is 0. The van der Waals surface area contributed by atoms with Gasteiger partial charge in [0.05, 0.1) is 0 Å². The predicted octanol–water partition coefficient (Wildman–Crippen LogP) is 3.96. The SMILES string of the molecule is Cc1ccc2cc(CC(CO)C(C)C)ccc2c1. The molecule has 0 amide bonds. The third-order valence-corrected chi connectivity index (χ3v) is 3.74. The van der Waals surface area contributed by atoms with E-state index in [9.17, 15) is 5.11 Å². The van der Waals surface area contributed by atoms with Crippen molar-refractivity contribution < 1.29 is 5.11 Å². The average Bonchev–Trinajstić information content (AvgIpc) is 2.35. The van der Waals surface area contributed by atoms with Crippen molar-refractivity contribution in [3.63, 3.8) is 0 Å². The smallest absolute Gasteiger partial charge is 0.0464 e. The fourth-order valence-electron chi connectivity index (χ4n) is 2.36. The first-order valence-corrected chi connectivity index (χ1v) is 6.70. The molecule has 1 nitrogen and oxygen atoms in total. The van der Waals surface area contributed by atoms with E-state index in [1.165, 1.54) is 21.9 Å². The lowest BCUT2D eigenvalue weighted by Gasteiger charge is -2.18. The molecule has 1 heteroatoms. The highest BCUT2D eigenvalue weighted by atomic mass is 16.3. The van der Waals surface area contributed by atoms with Gasteiger partial charge >= 0.3 is 0 Å². The van der Waals surface area contributed by atoms with Crippen LogP contribution in [0.1, 0.15) is 25.0 Å². The van der Waals surface area contributed by atoms with E-state index in [2.05, 4.69) is 57.2 Å². The number of aryl methyl sites for hydroxylation is 1. The van der Waals surface area contributed by atoms with Crippen molar-refractivity contribution in [3.8, 4) is 0 Å². The number of aliphatic hydroxyl groups excluding tert-OH is 1. The second-order valence-corrected chi connectivity index (χ2v) is 5.58. The van der Waals surface area contributed by atoms with Crippen LogP contribution in [-0.2, 0) is 6.42 Å². The number of benzene rings is 2. The summed E-state index contributed by atoms with van der Waals surface area (Å²) in [5.74, 6) is 0.872. The van der Waals surface area contributed by atoms with Crippen molar-refractivity contribution in [2.24, 2.45) is 11.8 Å². The Balaban J connectivity index is 2.27. The number of fused-ring (bicyclic) bond motifs is 1. The maximum absolute atomic E-state index is 9.41. The zero-order valence-corrected chi connectivity index (χ0v) is 11.5. The van der Waals surface area contributed by atoms with Gasteiger partial charge in [-0.05, 0) is 41.5 Å². The Labute approximate surface area is 109 Å². The van der Waals surface area contributed by atoms with E-state index in [1.807, 2.05) is 0 Å². The van der Waals surface area contributed by atoms with E-state index in [0.717, 1.165) is 6.42 Å². The summed E-state index contributed by atoms with van der Waals surface area (Å²) in [5.41, 5.74) is 2.62. The summed E-state index contributed by atoms with van der Waals surface area (Å²) in [6.07, 6.45) is 0.956. The standard InChI is InChI=1S/C17H22O/c1-12(2)17(11-18)10-14-5-7-15-8-13(3)4-6-16(15)9-14/h4-9,12,17-18H,10-11H2,1-3H3. The fourth-order valence-corrected chi connectivity index (χ4v) is 2.36. The normalized spacial score (nSPS) is 13.2. The summed E-state index contributed by atoms with van der Waals surface area (Å²) >= 11 is 0. The van der Waals surface area contributed by atoms with Gasteiger partial charge in [0.1, 0.15) is 0 Å². The van der Waals surface area contributed by atoms with E-state index < -0.39 is 0 Å². The highest BCUT2D eigenvalue weighted by Gasteiger charge is 2.12. The first-order valence-electron chi connectivity index (χ1n) is 6.70. The van der Waals surface area contributed by atoms with E-state index in [1.54, 1.807) is 0 Å². The molecule has 2 aromatic rings. The Morgan fingerprint density at radius 3 is 2.33 bits per heavy atom. The zero-order chi connectivity index (χ0) is 13.1. The van der Waals surface area contributed by atoms with Crippen molar-refractivity contribution >= 4 is 10.8 Å². The van der Waals surface area contributed by atoms with Gasteiger partial charge in [0.25, 0.3) is 0 Å². The number of rotatable bonds is 4. The van der Waals surface area contributed by atoms with Gasteiger partial charge in [-0.3, -0.25) is 0 Å². The first kappa shape index (κ1) is 13.1. The summed E-state index contributed by atoms with van der Waals surface area (Å²) in [4.78, 5) is 0. The molecule has 0 aliphatic rings.